The molecule has 0 radical (unpaired) electrons. The summed E-state index contributed by atoms with van der Waals surface area (Å²) in [6, 6.07) is 85.2. The minimum Gasteiger partial charge on any atom is -0.455 e. The van der Waals surface area contributed by atoms with Crippen LogP contribution in [0.5, 0.6) is 0 Å². The fourth-order valence-electron chi connectivity index (χ4n) is 10.5. The Morgan fingerprint density at radius 2 is 0.739 bits per heavy atom. The van der Waals surface area contributed by atoms with E-state index in [4.69, 9.17) is 14.4 Å². The van der Waals surface area contributed by atoms with Crippen molar-refractivity contribution in [2.45, 2.75) is 0 Å². The fourth-order valence-corrected chi connectivity index (χ4v) is 10.5. The molecule has 0 unspecified atom stereocenters. The van der Waals surface area contributed by atoms with Gasteiger partial charge in [0.2, 0.25) is 0 Å². The summed E-state index contributed by atoms with van der Waals surface area (Å²) in [4.78, 5) is 10.7. The van der Waals surface area contributed by atoms with Gasteiger partial charge in [-0.1, -0.05) is 188 Å². The Morgan fingerprint density at radius 3 is 1.39 bits per heavy atom. The molecule has 0 saturated carbocycles. The van der Waals surface area contributed by atoms with E-state index < -0.39 is 0 Å². The van der Waals surface area contributed by atoms with E-state index in [0.29, 0.717) is 0 Å². The Bertz CT molecular complexity index is 4390. The normalized spacial score (nSPS) is 11.8. The molecule has 0 aliphatic rings. The van der Waals surface area contributed by atoms with Crippen LogP contribution in [0, 0.1) is 0 Å². The third-order valence-electron chi connectivity index (χ3n) is 14.0. The highest BCUT2D eigenvalue weighted by Gasteiger charge is 2.17. The van der Waals surface area contributed by atoms with Crippen LogP contribution < -0.4 is 0 Å². The Hall–Kier alpha value is -9.18. The maximum Gasteiger partial charge on any atom is 0.143 e. The first-order chi connectivity index (χ1) is 34.1. The van der Waals surface area contributed by atoms with Gasteiger partial charge in [0, 0.05) is 32.7 Å². The highest BCUT2D eigenvalue weighted by molar-refractivity contribution is 6.24. The highest BCUT2D eigenvalue weighted by Crippen LogP contribution is 2.41. The third-order valence-corrected chi connectivity index (χ3v) is 14.0. The van der Waals surface area contributed by atoms with Crippen LogP contribution >= 0.6 is 0 Å². The molecule has 0 spiro atoms. The molecule has 2 heterocycles. The van der Waals surface area contributed by atoms with Crippen molar-refractivity contribution in [2.24, 2.45) is 0 Å². The number of fused-ring (bicyclic) bond motifs is 11. The zero-order chi connectivity index (χ0) is 45.4. The average molecular weight is 877 g/mol. The van der Waals surface area contributed by atoms with Gasteiger partial charge in [-0.2, -0.15) is 0 Å². The molecule has 2 aromatic heterocycles. The first-order valence-corrected chi connectivity index (χ1v) is 23.5. The molecule has 0 N–H and O–H groups in total. The topological polar surface area (TPSA) is 38.9 Å². The van der Waals surface area contributed by atoms with Gasteiger partial charge < -0.3 is 4.42 Å². The van der Waals surface area contributed by atoms with Gasteiger partial charge in [-0.25, -0.2) is 4.98 Å². The summed E-state index contributed by atoms with van der Waals surface area (Å²) in [6.45, 7) is 0. The SMILES string of the molecule is c1cc(-c2cccc(-c3cnc4c5ccc(-c6ccc7ccccc7c6)cc5c5cc(-c6ccc7ccccc7c6)ccc5c4n3)c2)cc(-c2cccc(-c3cccc4c3oc3ccccc34)c2)c1. The lowest BCUT2D eigenvalue weighted by atomic mass is 9.92. The summed E-state index contributed by atoms with van der Waals surface area (Å²) in [5, 5.41) is 11.7. The molecule has 0 atom stereocenters. The van der Waals surface area contributed by atoms with Crippen LogP contribution in [0.3, 0.4) is 0 Å². The summed E-state index contributed by atoms with van der Waals surface area (Å²) < 4.78 is 6.43. The van der Waals surface area contributed by atoms with Gasteiger partial charge in [0.05, 0.1) is 22.9 Å². The van der Waals surface area contributed by atoms with Crippen molar-refractivity contribution in [1.82, 2.24) is 9.97 Å². The number of aromatic nitrogens is 2. The van der Waals surface area contributed by atoms with Gasteiger partial charge in [0.25, 0.3) is 0 Å². The standard InChI is InChI=1S/C66H40N2O/c1-3-13-43-33-49(27-25-41(43)11-1)51-29-31-57-60(38-51)61-39-52(50-28-26-42-12-2-4-14-44(42)34-50)30-32-58(61)65-64(57)67-40-62(68-65)54-20-9-18-48(37-54)46-16-7-15-45(35-46)47-17-8-19-53(36-47)55-22-10-23-59-56-21-5-6-24-63(56)69-66(55)59/h1-40H. The summed E-state index contributed by atoms with van der Waals surface area (Å²) >= 11 is 0. The lowest BCUT2D eigenvalue weighted by molar-refractivity contribution is 0.670. The number of nitrogens with zero attached hydrogens (tertiary/aromatic N) is 2. The highest BCUT2D eigenvalue weighted by atomic mass is 16.3. The predicted octanol–water partition coefficient (Wildman–Crippen LogP) is 18.1. The molecular formula is C66H40N2O. The molecule has 0 aliphatic carbocycles. The molecule has 0 saturated heterocycles. The average Bonchev–Trinajstić information content (AvgIpc) is 3.81. The lowest BCUT2D eigenvalue weighted by Gasteiger charge is -2.14. The number of rotatable bonds is 6. The second-order valence-electron chi connectivity index (χ2n) is 18.1. The van der Waals surface area contributed by atoms with Crippen LogP contribution in [0.1, 0.15) is 0 Å². The summed E-state index contributed by atoms with van der Waals surface area (Å²) in [5.74, 6) is 0. The Labute approximate surface area is 398 Å². The quantitative estimate of drug-likeness (QED) is 0.156. The van der Waals surface area contributed by atoms with E-state index in [0.717, 1.165) is 99.2 Å². The van der Waals surface area contributed by atoms with Crippen LogP contribution in [0.25, 0.3) is 143 Å². The van der Waals surface area contributed by atoms with Crippen LogP contribution in [-0.2, 0) is 0 Å². The van der Waals surface area contributed by atoms with Crippen molar-refractivity contribution >= 4 is 76.1 Å². The van der Waals surface area contributed by atoms with E-state index in [9.17, 15) is 0 Å². The van der Waals surface area contributed by atoms with E-state index in [2.05, 4.69) is 224 Å². The molecule has 12 aromatic carbocycles. The summed E-state index contributed by atoms with van der Waals surface area (Å²) in [5.41, 5.74) is 16.9. The number of furan rings is 1. The second-order valence-corrected chi connectivity index (χ2v) is 18.1. The largest absolute Gasteiger partial charge is 0.455 e. The number of benzene rings is 12. The maximum absolute atomic E-state index is 6.43. The van der Waals surface area contributed by atoms with Crippen LogP contribution in [0.2, 0.25) is 0 Å². The number of para-hydroxylation sites is 2. The van der Waals surface area contributed by atoms with E-state index in [-0.39, 0.29) is 0 Å². The molecule has 69 heavy (non-hydrogen) atoms. The van der Waals surface area contributed by atoms with Crippen molar-refractivity contribution in [1.29, 1.82) is 0 Å². The van der Waals surface area contributed by atoms with E-state index in [1.54, 1.807) is 0 Å². The molecule has 0 fully saturated rings. The van der Waals surface area contributed by atoms with Crippen molar-refractivity contribution in [2.75, 3.05) is 0 Å². The van der Waals surface area contributed by atoms with Crippen molar-refractivity contribution in [3.63, 3.8) is 0 Å². The van der Waals surface area contributed by atoms with E-state index >= 15 is 0 Å². The molecule has 3 nitrogen and oxygen atoms in total. The minimum absolute atomic E-state index is 0.833. The maximum atomic E-state index is 6.43. The molecular weight excluding hydrogens is 837 g/mol. The number of hydrogen-bond donors (Lipinski definition) is 0. The Morgan fingerprint density at radius 1 is 0.275 bits per heavy atom. The third kappa shape index (κ3) is 6.66. The van der Waals surface area contributed by atoms with E-state index in [1.165, 1.54) is 43.8 Å². The van der Waals surface area contributed by atoms with Gasteiger partial charge >= 0.3 is 0 Å². The zero-order valence-corrected chi connectivity index (χ0v) is 37.4. The monoisotopic (exact) mass is 876 g/mol. The zero-order valence-electron chi connectivity index (χ0n) is 37.4. The summed E-state index contributed by atoms with van der Waals surface area (Å²) in [6.07, 6.45) is 1.94. The van der Waals surface area contributed by atoms with Crippen molar-refractivity contribution in [3.05, 3.63) is 243 Å². The lowest BCUT2D eigenvalue weighted by Crippen LogP contribution is -1.93. The summed E-state index contributed by atoms with van der Waals surface area (Å²) in [7, 11) is 0. The molecule has 14 rings (SSSR count). The molecule has 0 amide bonds. The van der Waals surface area contributed by atoms with Crippen LogP contribution in [0.15, 0.2) is 247 Å². The first kappa shape index (κ1) is 39.0. The predicted molar refractivity (Wildman–Crippen MR) is 289 cm³/mol. The van der Waals surface area contributed by atoms with Crippen molar-refractivity contribution < 1.29 is 4.42 Å². The molecule has 0 aliphatic heterocycles. The minimum atomic E-state index is 0.833. The molecule has 14 aromatic rings. The van der Waals surface area contributed by atoms with E-state index in [1.807, 2.05) is 18.3 Å². The van der Waals surface area contributed by atoms with Gasteiger partial charge in [-0.3, -0.25) is 4.98 Å². The molecule has 320 valence electrons. The van der Waals surface area contributed by atoms with Crippen LogP contribution in [-0.4, -0.2) is 9.97 Å². The van der Waals surface area contributed by atoms with Gasteiger partial charge in [0.15, 0.2) is 0 Å². The van der Waals surface area contributed by atoms with Gasteiger partial charge in [0.1, 0.15) is 11.2 Å². The van der Waals surface area contributed by atoms with Crippen molar-refractivity contribution in [3.8, 4) is 66.9 Å². The second kappa shape index (κ2) is 15.7. The molecule has 0 bridgehead atoms. The Kier molecular flexibility index (Phi) is 8.90. The van der Waals surface area contributed by atoms with Gasteiger partial charge in [-0.05, 0) is 131 Å². The van der Waals surface area contributed by atoms with Crippen LogP contribution in [0.4, 0.5) is 0 Å². The molecule has 3 heteroatoms. The Balaban J connectivity index is 0.864. The first-order valence-electron chi connectivity index (χ1n) is 23.5. The fraction of sp³-hybridized carbons (Fsp3) is 0. The number of hydrogen-bond acceptors (Lipinski definition) is 3. The smallest absolute Gasteiger partial charge is 0.143 e. The van der Waals surface area contributed by atoms with Gasteiger partial charge in [-0.15, -0.1) is 0 Å².